The summed E-state index contributed by atoms with van der Waals surface area (Å²) >= 11 is 9.25. The number of sulfone groups is 1. The Labute approximate surface area is 148 Å². The molecule has 0 aliphatic carbocycles. The minimum absolute atomic E-state index is 0.0527. The Morgan fingerprint density at radius 3 is 2.35 bits per heavy atom. The average Bonchev–Trinajstić information content (AvgIpc) is 2.47. The molecule has 0 bridgehead atoms. The van der Waals surface area contributed by atoms with Crippen molar-refractivity contribution in [2.24, 2.45) is 0 Å². The van der Waals surface area contributed by atoms with Crippen LogP contribution in [0.5, 0.6) is 0 Å². The zero-order valence-electron chi connectivity index (χ0n) is 12.5. The van der Waals surface area contributed by atoms with Crippen LogP contribution in [0.15, 0.2) is 51.8 Å². The quantitative estimate of drug-likeness (QED) is 0.819. The number of hydrogen-bond donors (Lipinski definition) is 1. The molecule has 0 aromatic heterocycles. The van der Waals surface area contributed by atoms with Gasteiger partial charge in [0.1, 0.15) is 0 Å². The van der Waals surface area contributed by atoms with Crippen LogP contribution in [0, 0.1) is 0 Å². The number of nitrogens with one attached hydrogen (secondary N) is 1. The molecule has 23 heavy (non-hydrogen) atoms. The van der Waals surface area contributed by atoms with Crippen molar-refractivity contribution in [2.45, 2.75) is 17.9 Å². The first-order valence-electron chi connectivity index (χ1n) is 6.74. The van der Waals surface area contributed by atoms with E-state index in [4.69, 9.17) is 11.6 Å². The van der Waals surface area contributed by atoms with E-state index in [0.717, 1.165) is 16.3 Å². The highest BCUT2D eigenvalue weighted by Gasteiger charge is 2.17. The number of hydrogen-bond acceptors (Lipinski definition) is 3. The number of rotatable bonds is 4. The SMILES string of the molecule is CC(NC(=O)c1ccc(Cl)c(S(C)(=O)=O)c1)c1ccc(Br)cc1. The lowest BCUT2D eigenvalue weighted by Gasteiger charge is -2.15. The summed E-state index contributed by atoms with van der Waals surface area (Å²) < 4.78 is 24.3. The normalized spacial score (nSPS) is 12.7. The third-order valence-electron chi connectivity index (χ3n) is 3.31. The van der Waals surface area contributed by atoms with Crippen molar-refractivity contribution >= 4 is 43.3 Å². The van der Waals surface area contributed by atoms with Gasteiger partial charge in [0.25, 0.3) is 5.91 Å². The molecule has 0 heterocycles. The van der Waals surface area contributed by atoms with Gasteiger partial charge in [0, 0.05) is 16.3 Å². The molecule has 0 saturated heterocycles. The summed E-state index contributed by atoms with van der Waals surface area (Å²) in [5.74, 6) is -0.359. The van der Waals surface area contributed by atoms with Crippen molar-refractivity contribution in [1.82, 2.24) is 5.32 Å². The van der Waals surface area contributed by atoms with Crippen molar-refractivity contribution < 1.29 is 13.2 Å². The number of benzene rings is 2. The molecule has 2 aromatic carbocycles. The first-order valence-corrected chi connectivity index (χ1v) is 9.80. The Bertz CT molecular complexity index is 835. The van der Waals surface area contributed by atoms with Gasteiger partial charge in [0.05, 0.1) is 16.0 Å². The van der Waals surface area contributed by atoms with E-state index >= 15 is 0 Å². The van der Waals surface area contributed by atoms with E-state index in [0.29, 0.717) is 0 Å². The second-order valence-corrected chi connectivity index (χ2v) is 8.47. The standard InChI is InChI=1S/C16H15BrClNO3S/c1-10(11-3-6-13(17)7-4-11)19-16(20)12-5-8-14(18)15(9-12)23(2,21)22/h3-10H,1-2H3,(H,19,20). The molecule has 1 unspecified atom stereocenters. The fraction of sp³-hybridized carbons (Fsp3) is 0.188. The Hall–Kier alpha value is -1.37. The van der Waals surface area contributed by atoms with Crippen molar-refractivity contribution in [2.75, 3.05) is 6.26 Å². The summed E-state index contributed by atoms with van der Waals surface area (Å²) in [4.78, 5) is 12.3. The molecular weight excluding hydrogens is 402 g/mol. The second-order valence-electron chi connectivity index (χ2n) is 5.16. The van der Waals surface area contributed by atoms with Gasteiger partial charge in [0.15, 0.2) is 9.84 Å². The molecule has 1 atom stereocenters. The average molecular weight is 417 g/mol. The first kappa shape index (κ1) is 18.0. The van der Waals surface area contributed by atoms with E-state index in [9.17, 15) is 13.2 Å². The monoisotopic (exact) mass is 415 g/mol. The molecule has 0 spiro atoms. The Morgan fingerprint density at radius 1 is 1.17 bits per heavy atom. The van der Waals surface area contributed by atoms with Crippen molar-refractivity contribution in [3.05, 3.63) is 63.1 Å². The van der Waals surface area contributed by atoms with Gasteiger partial charge in [-0.1, -0.05) is 39.7 Å². The lowest BCUT2D eigenvalue weighted by molar-refractivity contribution is 0.0939. The summed E-state index contributed by atoms with van der Waals surface area (Å²) in [6.45, 7) is 1.86. The molecule has 0 radical (unpaired) electrons. The minimum atomic E-state index is -3.49. The molecule has 0 aliphatic rings. The maximum Gasteiger partial charge on any atom is 0.251 e. The van der Waals surface area contributed by atoms with Crippen LogP contribution in [0.4, 0.5) is 0 Å². The summed E-state index contributed by atoms with van der Waals surface area (Å²) in [7, 11) is -3.49. The third kappa shape index (κ3) is 4.56. The van der Waals surface area contributed by atoms with Crippen LogP contribution in [0.2, 0.25) is 5.02 Å². The smallest absolute Gasteiger partial charge is 0.251 e. The molecule has 0 fully saturated rings. The zero-order chi connectivity index (χ0) is 17.2. The van der Waals surface area contributed by atoms with Crippen molar-refractivity contribution in [3.8, 4) is 0 Å². The predicted molar refractivity (Wildman–Crippen MR) is 94.6 cm³/mol. The van der Waals surface area contributed by atoms with Crippen molar-refractivity contribution in [3.63, 3.8) is 0 Å². The third-order valence-corrected chi connectivity index (χ3v) is 5.42. The molecule has 0 saturated carbocycles. The number of halogens is 2. The summed E-state index contributed by atoms with van der Waals surface area (Å²) in [6, 6.07) is 11.6. The van der Waals surface area contributed by atoms with Crippen LogP contribution < -0.4 is 5.32 Å². The van der Waals surface area contributed by atoms with Gasteiger partial charge in [-0.05, 0) is 42.8 Å². The maximum atomic E-state index is 12.3. The van der Waals surface area contributed by atoms with Gasteiger partial charge < -0.3 is 5.32 Å². The highest BCUT2D eigenvalue weighted by atomic mass is 79.9. The highest BCUT2D eigenvalue weighted by Crippen LogP contribution is 2.23. The molecule has 1 N–H and O–H groups in total. The first-order chi connectivity index (χ1) is 10.7. The molecule has 7 heteroatoms. The van der Waals surface area contributed by atoms with Gasteiger partial charge >= 0.3 is 0 Å². The van der Waals surface area contributed by atoms with Crippen LogP contribution in [0.25, 0.3) is 0 Å². The number of amides is 1. The molecule has 4 nitrogen and oxygen atoms in total. The highest BCUT2D eigenvalue weighted by molar-refractivity contribution is 9.10. The Morgan fingerprint density at radius 2 is 1.78 bits per heavy atom. The topological polar surface area (TPSA) is 63.2 Å². The van der Waals surface area contributed by atoms with Gasteiger partial charge in [-0.15, -0.1) is 0 Å². The maximum absolute atomic E-state index is 12.3. The molecule has 122 valence electrons. The number of carbonyl (C=O) groups is 1. The summed E-state index contributed by atoms with van der Waals surface area (Å²) in [5, 5.41) is 2.94. The molecule has 2 aromatic rings. The summed E-state index contributed by atoms with van der Waals surface area (Å²) in [6.07, 6.45) is 1.06. The largest absolute Gasteiger partial charge is 0.346 e. The van der Waals surface area contributed by atoms with Gasteiger partial charge in [0.2, 0.25) is 0 Å². The van der Waals surface area contributed by atoms with Gasteiger partial charge in [-0.25, -0.2) is 8.42 Å². The van der Waals surface area contributed by atoms with Crippen molar-refractivity contribution in [1.29, 1.82) is 0 Å². The van der Waals surface area contributed by atoms with Crippen LogP contribution >= 0.6 is 27.5 Å². The van der Waals surface area contributed by atoms with E-state index in [-0.39, 0.29) is 27.4 Å². The molecule has 2 rings (SSSR count). The fourth-order valence-electron chi connectivity index (χ4n) is 2.04. The Kier molecular flexibility index (Phi) is 5.49. The van der Waals surface area contributed by atoms with Crippen LogP contribution in [0.3, 0.4) is 0 Å². The molecule has 1 amide bonds. The predicted octanol–water partition coefficient (Wildman–Crippen LogP) is 4.00. The van der Waals surface area contributed by atoms with Gasteiger partial charge in [-0.2, -0.15) is 0 Å². The van der Waals surface area contributed by atoms with E-state index < -0.39 is 9.84 Å². The minimum Gasteiger partial charge on any atom is -0.346 e. The van der Waals surface area contributed by atoms with E-state index in [1.807, 2.05) is 31.2 Å². The van der Waals surface area contributed by atoms with E-state index in [1.54, 1.807) is 0 Å². The number of carbonyl (C=O) groups excluding carboxylic acids is 1. The van der Waals surface area contributed by atoms with E-state index in [1.165, 1.54) is 18.2 Å². The fourth-order valence-corrected chi connectivity index (χ4v) is 3.61. The molecular formula is C16H15BrClNO3S. The summed E-state index contributed by atoms with van der Waals surface area (Å²) in [5.41, 5.74) is 1.19. The molecule has 0 aliphatic heterocycles. The van der Waals surface area contributed by atoms with Gasteiger partial charge in [-0.3, -0.25) is 4.79 Å². The second kappa shape index (κ2) is 7.03. The zero-order valence-corrected chi connectivity index (χ0v) is 15.7. The Balaban J connectivity index is 2.22. The lowest BCUT2D eigenvalue weighted by atomic mass is 10.1. The van der Waals surface area contributed by atoms with E-state index in [2.05, 4.69) is 21.2 Å². The van der Waals surface area contributed by atoms with Crippen LogP contribution in [-0.2, 0) is 9.84 Å². The van der Waals surface area contributed by atoms with Crippen LogP contribution in [0.1, 0.15) is 28.9 Å². The van der Waals surface area contributed by atoms with Crippen LogP contribution in [-0.4, -0.2) is 20.6 Å². The lowest BCUT2D eigenvalue weighted by Crippen LogP contribution is -2.26.